The van der Waals surface area contributed by atoms with Crippen LogP contribution in [0.25, 0.3) is 0 Å². The minimum absolute atomic E-state index is 0.00208. The summed E-state index contributed by atoms with van der Waals surface area (Å²) in [6.45, 7) is 4.85. The van der Waals surface area contributed by atoms with Crippen LogP contribution in [0.5, 0.6) is 0 Å². The lowest BCUT2D eigenvalue weighted by Crippen LogP contribution is -2.45. The number of aliphatic hydroxyl groups excluding tert-OH is 2. The number of esters is 1. The predicted molar refractivity (Wildman–Crippen MR) is 241 cm³/mol. The van der Waals surface area contributed by atoms with Crippen molar-refractivity contribution in [3.05, 3.63) is 24.3 Å². The van der Waals surface area contributed by atoms with Gasteiger partial charge in [0.1, 0.15) is 0 Å². The van der Waals surface area contributed by atoms with Crippen molar-refractivity contribution in [1.29, 1.82) is 0 Å². The van der Waals surface area contributed by atoms with Crippen molar-refractivity contribution in [2.45, 2.75) is 270 Å². The SMILES string of the molecule is CCCCCCCCC/C=C/C(O)C(CO)NC(=O)CCCCCCCCC/C=C\CCCCCCCCCCOC(=O)CCCCCCCCCCCCC. The molecule has 0 spiro atoms. The third-order valence-electron chi connectivity index (χ3n) is 11.2. The molecular formula is C50H95NO5. The summed E-state index contributed by atoms with van der Waals surface area (Å²) in [5.74, 6) is -0.0788. The van der Waals surface area contributed by atoms with Crippen molar-refractivity contribution < 1.29 is 24.5 Å². The number of carbonyl (C=O) groups excluding carboxylic acids is 2. The molecule has 0 aliphatic rings. The summed E-state index contributed by atoms with van der Waals surface area (Å²) >= 11 is 0. The summed E-state index contributed by atoms with van der Waals surface area (Å²) in [5.41, 5.74) is 0. The van der Waals surface area contributed by atoms with E-state index in [4.69, 9.17) is 4.74 Å². The molecule has 0 aliphatic carbocycles. The van der Waals surface area contributed by atoms with Gasteiger partial charge < -0.3 is 20.3 Å². The van der Waals surface area contributed by atoms with Crippen molar-refractivity contribution in [1.82, 2.24) is 5.32 Å². The van der Waals surface area contributed by atoms with Crippen LogP contribution in [0.15, 0.2) is 24.3 Å². The number of ether oxygens (including phenoxy) is 1. The molecule has 0 bridgehead atoms. The molecule has 0 heterocycles. The Hall–Kier alpha value is -1.66. The molecule has 2 atom stereocenters. The molecule has 0 rings (SSSR count). The van der Waals surface area contributed by atoms with Crippen LogP contribution >= 0.6 is 0 Å². The second-order valence-corrected chi connectivity index (χ2v) is 16.8. The molecule has 330 valence electrons. The number of allylic oxidation sites excluding steroid dienone is 3. The first-order chi connectivity index (χ1) is 27.5. The minimum Gasteiger partial charge on any atom is -0.466 e. The molecule has 1 amide bonds. The van der Waals surface area contributed by atoms with Crippen LogP contribution in [0.2, 0.25) is 0 Å². The fourth-order valence-corrected chi connectivity index (χ4v) is 7.39. The zero-order chi connectivity index (χ0) is 40.8. The Morgan fingerprint density at radius 1 is 0.482 bits per heavy atom. The second kappa shape index (κ2) is 46.0. The highest BCUT2D eigenvalue weighted by Crippen LogP contribution is 2.15. The fourth-order valence-electron chi connectivity index (χ4n) is 7.39. The van der Waals surface area contributed by atoms with Crippen molar-refractivity contribution in [2.24, 2.45) is 0 Å². The largest absolute Gasteiger partial charge is 0.466 e. The zero-order valence-electron chi connectivity index (χ0n) is 37.4. The van der Waals surface area contributed by atoms with Crippen LogP contribution in [-0.4, -0.2) is 47.4 Å². The van der Waals surface area contributed by atoms with E-state index in [9.17, 15) is 19.8 Å². The lowest BCUT2D eigenvalue weighted by atomic mass is 10.1. The minimum atomic E-state index is -0.847. The van der Waals surface area contributed by atoms with Crippen molar-refractivity contribution in [3.8, 4) is 0 Å². The van der Waals surface area contributed by atoms with Crippen molar-refractivity contribution >= 4 is 11.9 Å². The smallest absolute Gasteiger partial charge is 0.305 e. The molecule has 2 unspecified atom stereocenters. The van der Waals surface area contributed by atoms with E-state index in [0.717, 1.165) is 51.4 Å². The fraction of sp³-hybridized carbons (Fsp3) is 0.880. The van der Waals surface area contributed by atoms with E-state index < -0.39 is 12.1 Å². The van der Waals surface area contributed by atoms with Gasteiger partial charge in [-0.15, -0.1) is 0 Å². The van der Waals surface area contributed by atoms with Gasteiger partial charge in [-0.2, -0.15) is 0 Å². The van der Waals surface area contributed by atoms with E-state index in [2.05, 4.69) is 31.3 Å². The molecule has 3 N–H and O–H groups in total. The molecule has 0 aromatic carbocycles. The maximum absolute atomic E-state index is 12.3. The van der Waals surface area contributed by atoms with Crippen LogP contribution in [0.3, 0.4) is 0 Å². The van der Waals surface area contributed by atoms with Crippen LogP contribution in [0, 0.1) is 0 Å². The Bertz CT molecular complexity index is 874. The number of carbonyl (C=O) groups is 2. The number of rotatable bonds is 45. The van der Waals surface area contributed by atoms with Gasteiger partial charge in [-0.3, -0.25) is 9.59 Å². The van der Waals surface area contributed by atoms with E-state index in [1.807, 2.05) is 6.08 Å². The number of unbranched alkanes of at least 4 members (excludes halogenated alkanes) is 32. The van der Waals surface area contributed by atoms with Gasteiger partial charge in [0.25, 0.3) is 0 Å². The number of aliphatic hydroxyl groups is 2. The van der Waals surface area contributed by atoms with Crippen LogP contribution in [0.4, 0.5) is 0 Å². The molecule has 0 fully saturated rings. The standard InChI is InChI=1S/C50H95NO5/c1-3-5-7-9-11-13-23-28-32-36-40-44-50(55)56-45-41-37-33-29-25-22-20-18-16-14-15-17-19-21-24-27-31-35-39-43-49(54)51-47(46-52)48(53)42-38-34-30-26-12-10-8-6-4-2/h14-15,38,42,47-48,52-53H,3-13,16-37,39-41,43-46H2,1-2H3,(H,51,54)/b15-14-,42-38+. The molecule has 56 heavy (non-hydrogen) atoms. The average Bonchev–Trinajstić information content (AvgIpc) is 3.20. The highest BCUT2D eigenvalue weighted by molar-refractivity contribution is 5.76. The third-order valence-corrected chi connectivity index (χ3v) is 11.2. The summed E-state index contributed by atoms with van der Waals surface area (Å²) in [6, 6.07) is -0.632. The van der Waals surface area contributed by atoms with Gasteiger partial charge in [0, 0.05) is 12.8 Å². The molecule has 0 radical (unpaired) electrons. The molecule has 0 saturated carbocycles. The van der Waals surface area contributed by atoms with Gasteiger partial charge in [0.05, 0.1) is 25.4 Å². The van der Waals surface area contributed by atoms with Gasteiger partial charge in [0.15, 0.2) is 0 Å². The molecule has 6 nitrogen and oxygen atoms in total. The number of hydrogen-bond acceptors (Lipinski definition) is 5. The van der Waals surface area contributed by atoms with E-state index >= 15 is 0 Å². The summed E-state index contributed by atoms with van der Waals surface area (Å²) in [4.78, 5) is 24.3. The number of amides is 1. The Morgan fingerprint density at radius 2 is 0.839 bits per heavy atom. The normalized spacial score (nSPS) is 12.9. The molecule has 6 heteroatoms. The first-order valence-electron chi connectivity index (χ1n) is 24.6. The van der Waals surface area contributed by atoms with Gasteiger partial charge in [-0.05, 0) is 57.8 Å². The quantitative estimate of drug-likeness (QED) is 0.0324. The molecule has 0 aromatic heterocycles. The van der Waals surface area contributed by atoms with Crippen molar-refractivity contribution in [3.63, 3.8) is 0 Å². The summed E-state index contributed by atoms with van der Waals surface area (Å²) in [6.07, 6.45) is 53.2. The van der Waals surface area contributed by atoms with E-state index in [1.165, 1.54) is 180 Å². The topological polar surface area (TPSA) is 95.9 Å². The lowest BCUT2D eigenvalue weighted by Gasteiger charge is -2.20. The number of hydrogen-bond donors (Lipinski definition) is 3. The maximum Gasteiger partial charge on any atom is 0.305 e. The Kier molecular flexibility index (Phi) is 44.7. The van der Waals surface area contributed by atoms with Crippen LogP contribution in [0.1, 0.15) is 258 Å². The molecule has 0 aromatic rings. The second-order valence-electron chi connectivity index (χ2n) is 16.8. The zero-order valence-corrected chi connectivity index (χ0v) is 37.4. The average molecular weight is 790 g/mol. The molecular weight excluding hydrogens is 695 g/mol. The number of nitrogens with one attached hydrogen (secondary N) is 1. The highest BCUT2D eigenvalue weighted by Gasteiger charge is 2.18. The Balaban J connectivity index is 3.45. The van der Waals surface area contributed by atoms with Crippen molar-refractivity contribution in [2.75, 3.05) is 13.2 Å². The van der Waals surface area contributed by atoms with Crippen LogP contribution in [-0.2, 0) is 14.3 Å². The molecule has 0 aliphatic heterocycles. The summed E-state index contributed by atoms with van der Waals surface area (Å²) in [5, 5.41) is 22.9. The maximum atomic E-state index is 12.3. The van der Waals surface area contributed by atoms with Gasteiger partial charge in [0.2, 0.25) is 5.91 Å². The van der Waals surface area contributed by atoms with E-state index in [0.29, 0.717) is 19.4 Å². The van der Waals surface area contributed by atoms with E-state index in [-0.39, 0.29) is 18.5 Å². The first-order valence-corrected chi connectivity index (χ1v) is 24.6. The third kappa shape index (κ3) is 42.0. The predicted octanol–water partition coefficient (Wildman–Crippen LogP) is 14.3. The van der Waals surface area contributed by atoms with Crippen LogP contribution < -0.4 is 5.32 Å². The molecule has 0 saturated heterocycles. The lowest BCUT2D eigenvalue weighted by molar-refractivity contribution is -0.143. The summed E-state index contributed by atoms with van der Waals surface area (Å²) < 4.78 is 5.45. The first kappa shape index (κ1) is 54.3. The van der Waals surface area contributed by atoms with E-state index in [1.54, 1.807) is 6.08 Å². The summed E-state index contributed by atoms with van der Waals surface area (Å²) in [7, 11) is 0. The Labute approximate surface area is 348 Å². The van der Waals surface area contributed by atoms with Gasteiger partial charge in [-0.1, -0.05) is 212 Å². The van der Waals surface area contributed by atoms with Gasteiger partial charge >= 0.3 is 5.97 Å². The van der Waals surface area contributed by atoms with Gasteiger partial charge in [-0.25, -0.2) is 0 Å². The monoisotopic (exact) mass is 790 g/mol. The Morgan fingerprint density at radius 3 is 1.27 bits per heavy atom. The highest BCUT2D eigenvalue weighted by atomic mass is 16.5.